The normalized spacial score (nSPS) is 11.6. The van der Waals surface area contributed by atoms with Gasteiger partial charge in [-0.3, -0.25) is 4.68 Å². The Labute approximate surface area is 118 Å². The molecule has 7 heteroatoms. The summed E-state index contributed by atoms with van der Waals surface area (Å²) < 4.78 is 39.6. The summed E-state index contributed by atoms with van der Waals surface area (Å²) in [5, 5.41) is 13.2. The molecule has 0 unspecified atom stereocenters. The van der Waals surface area contributed by atoms with Crippen LogP contribution in [0.3, 0.4) is 0 Å². The van der Waals surface area contributed by atoms with E-state index >= 15 is 0 Å². The fourth-order valence-corrected chi connectivity index (χ4v) is 1.98. The minimum absolute atomic E-state index is 0.0436. The molecule has 0 spiro atoms. The fourth-order valence-electron chi connectivity index (χ4n) is 1.98. The first-order valence-corrected chi connectivity index (χ1v) is 6.31. The van der Waals surface area contributed by atoms with Gasteiger partial charge in [-0.05, 0) is 18.6 Å². The van der Waals surface area contributed by atoms with E-state index in [1.54, 1.807) is 0 Å². The number of nitrogens with zero attached hydrogens (tertiary/aromatic N) is 2. The maximum atomic E-state index is 12.7. The van der Waals surface area contributed by atoms with E-state index in [0.29, 0.717) is 6.54 Å². The Kier molecular flexibility index (Phi) is 4.02. The number of hydrogen-bond acceptors (Lipinski definition) is 2. The van der Waals surface area contributed by atoms with Crippen molar-refractivity contribution in [3.8, 4) is 11.3 Å². The number of alkyl halides is 3. The van der Waals surface area contributed by atoms with Crippen molar-refractivity contribution in [2.24, 2.45) is 0 Å². The van der Waals surface area contributed by atoms with Crippen molar-refractivity contribution in [3.05, 3.63) is 41.6 Å². The molecule has 2 aromatic rings. The van der Waals surface area contributed by atoms with E-state index in [2.05, 4.69) is 5.10 Å². The van der Waals surface area contributed by atoms with E-state index in [4.69, 9.17) is 5.11 Å². The van der Waals surface area contributed by atoms with Crippen LogP contribution in [-0.4, -0.2) is 20.9 Å². The highest BCUT2D eigenvalue weighted by Gasteiger charge is 2.31. The Balaban J connectivity index is 2.53. The summed E-state index contributed by atoms with van der Waals surface area (Å²) in [6.07, 6.45) is -2.41. The summed E-state index contributed by atoms with van der Waals surface area (Å²) in [7, 11) is 0. The molecule has 4 nitrogen and oxygen atoms in total. The zero-order valence-corrected chi connectivity index (χ0v) is 11.2. The molecule has 0 aliphatic rings. The molecule has 0 saturated carbocycles. The minimum atomic E-state index is -4.48. The van der Waals surface area contributed by atoms with Gasteiger partial charge in [0, 0.05) is 18.3 Å². The molecule has 1 aromatic heterocycles. The molecule has 0 saturated heterocycles. The van der Waals surface area contributed by atoms with Crippen molar-refractivity contribution in [3.63, 3.8) is 0 Å². The third-order valence-corrected chi connectivity index (χ3v) is 2.91. The number of aryl methyl sites for hydroxylation is 1. The van der Waals surface area contributed by atoms with Gasteiger partial charge in [0.05, 0.1) is 5.56 Å². The van der Waals surface area contributed by atoms with Gasteiger partial charge in [0.25, 0.3) is 0 Å². The number of rotatable bonds is 4. The SMILES string of the molecule is CCCn1cc(C(=O)O)c(-c2cccc(C(F)(F)F)c2)n1. The molecule has 21 heavy (non-hydrogen) atoms. The number of carboxylic acids is 1. The van der Waals surface area contributed by atoms with Crippen molar-refractivity contribution in [1.82, 2.24) is 9.78 Å². The van der Waals surface area contributed by atoms with Crippen LogP contribution in [0.15, 0.2) is 30.5 Å². The second-order valence-electron chi connectivity index (χ2n) is 4.54. The topological polar surface area (TPSA) is 55.1 Å². The Morgan fingerprint density at radius 3 is 2.67 bits per heavy atom. The van der Waals surface area contributed by atoms with Crippen LogP contribution in [0, 0.1) is 0 Å². The molecule has 0 fully saturated rings. The highest BCUT2D eigenvalue weighted by molar-refractivity contribution is 5.94. The van der Waals surface area contributed by atoms with E-state index in [-0.39, 0.29) is 16.8 Å². The van der Waals surface area contributed by atoms with Crippen LogP contribution in [0.25, 0.3) is 11.3 Å². The van der Waals surface area contributed by atoms with Crippen molar-refractivity contribution in [1.29, 1.82) is 0 Å². The first kappa shape index (κ1) is 15.1. The van der Waals surface area contributed by atoms with Crippen LogP contribution in [0.4, 0.5) is 13.2 Å². The summed E-state index contributed by atoms with van der Waals surface area (Å²) in [6.45, 7) is 2.39. The monoisotopic (exact) mass is 298 g/mol. The van der Waals surface area contributed by atoms with E-state index in [1.165, 1.54) is 23.0 Å². The quantitative estimate of drug-likeness (QED) is 0.936. The first-order valence-electron chi connectivity index (χ1n) is 6.31. The number of carbonyl (C=O) groups is 1. The van der Waals surface area contributed by atoms with Crippen LogP contribution >= 0.6 is 0 Å². The Morgan fingerprint density at radius 1 is 1.38 bits per heavy atom. The van der Waals surface area contributed by atoms with Crippen LogP contribution < -0.4 is 0 Å². The standard InChI is InChI=1S/C14H13F3N2O2/c1-2-6-19-8-11(13(20)21)12(18-19)9-4-3-5-10(7-9)14(15,16)17/h3-5,7-8H,2,6H2,1H3,(H,20,21). The Hall–Kier alpha value is -2.31. The first-order chi connectivity index (χ1) is 9.82. The average molecular weight is 298 g/mol. The molecule has 2 rings (SSSR count). The van der Waals surface area contributed by atoms with Crippen molar-refractivity contribution >= 4 is 5.97 Å². The minimum Gasteiger partial charge on any atom is -0.478 e. The van der Waals surface area contributed by atoms with Crippen LogP contribution in [0.5, 0.6) is 0 Å². The van der Waals surface area contributed by atoms with Gasteiger partial charge < -0.3 is 5.11 Å². The van der Waals surface area contributed by atoms with Gasteiger partial charge in [0.2, 0.25) is 0 Å². The molecule has 0 atom stereocenters. The highest BCUT2D eigenvalue weighted by Crippen LogP contribution is 2.32. The number of aromatic carboxylic acids is 1. The van der Waals surface area contributed by atoms with Crippen LogP contribution in [-0.2, 0) is 12.7 Å². The maximum Gasteiger partial charge on any atom is 0.416 e. The van der Waals surface area contributed by atoms with Gasteiger partial charge >= 0.3 is 12.1 Å². The van der Waals surface area contributed by atoms with E-state index in [0.717, 1.165) is 18.6 Å². The molecular formula is C14H13F3N2O2. The molecular weight excluding hydrogens is 285 g/mol. The zero-order valence-electron chi connectivity index (χ0n) is 11.2. The Morgan fingerprint density at radius 2 is 2.10 bits per heavy atom. The molecule has 1 aromatic carbocycles. The lowest BCUT2D eigenvalue weighted by Crippen LogP contribution is -2.05. The fraction of sp³-hybridized carbons (Fsp3) is 0.286. The van der Waals surface area contributed by atoms with Gasteiger partial charge in [-0.1, -0.05) is 19.1 Å². The molecule has 1 N–H and O–H groups in total. The van der Waals surface area contributed by atoms with Gasteiger partial charge in [-0.15, -0.1) is 0 Å². The van der Waals surface area contributed by atoms with E-state index in [9.17, 15) is 18.0 Å². The predicted molar refractivity (Wildman–Crippen MR) is 69.9 cm³/mol. The maximum absolute atomic E-state index is 12.7. The summed E-state index contributed by atoms with van der Waals surface area (Å²) in [5.74, 6) is -1.22. The zero-order chi connectivity index (χ0) is 15.6. The van der Waals surface area contributed by atoms with Gasteiger partial charge in [0.15, 0.2) is 0 Å². The summed E-state index contributed by atoms with van der Waals surface area (Å²) in [5.41, 5.74) is -0.761. The molecule has 0 aliphatic heterocycles. The summed E-state index contributed by atoms with van der Waals surface area (Å²) >= 11 is 0. The van der Waals surface area contributed by atoms with Crippen molar-refractivity contribution < 1.29 is 23.1 Å². The lowest BCUT2D eigenvalue weighted by Gasteiger charge is -2.08. The number of halogens is 3. The van der Waals surface area contributed by atoms with Crippen molar-refractivity contribution in [2.45, 2.75) is 26.1 Å². The predicted octanol–water partition coefficient (Wildman–Crippen LogP) is 3.68. The van der Waals surface area contributed by atoms with Gasteiger partial charge in [-0.2, -0.15) is 18.3 Å². The van der Waals surface area contributed by atoms with Crippen LogP contribution in [0.2, 0.25) is 0 Å². The van der Waals surface area contributed by atoms with Crippen molar-refractivity contribution in [2.75, 3.05) is 0 Å². The lowest BCUT2D eigenvalue weighted by atomic mass is 10.1. The summed E-state index contributed by atoms with van der Waals surface area (Å²) in [4.78, 5) is 11.2. The summed E-state index contributed by atoms with van der Waals surface area (Å²) in [6, 6.07) is 4.50. The molecule has 1 heterocycles. The highest BCUT2D eigenvalue weighted by atomic mass is 19.4. The number of hydrogen-bond donors (Lipinski definition) is 1. The molecule has 0 amide bonds. The number of aromatic nitrogens is 2. The smallest absolute Gasteiger partial charge is 0.416 e. The van der Waals surface area contributed by atoms with E-state index < -0.39 is 17.7 Å². The second kappa shape index (κ2) is 5.59. The van der Waals surface area contributed by atoms with Gasteiger partial charge in [-0.25, -0.2) is 4.79 Å². The average Bonchev–Trinajstić information content (AvgIpc) is 2.83. The Bertz CT molecular complexity index is 662. The molecule has 112 valence electrons. The largest absolute Gasteiger partial charge is 0.478 e. The third kappa shape index (κ3) is 3.24. The van der Waals surface area contributed by atoms with Crippen LogP contribution in [0.1, 0.15) is 29.3 Å². The lowest BCUT2D eigenvalue weighted by molar-refractivity contribution is -0.137. The van der Waals surface area contributed by atoms with Gasteiger partial charge in [0.1, 0.15) is 11.3 Å². The number of benzene rings is 1. The molecule has 0 aliphatic carbocycles. The molecule has 0 radical (unpaired) electrons. The third-order valence-electron chi connectivity index (χ3n) is 2.91. The van der Waals surface area contributed by atoms with E-state index in [1.807, 2.05) is 6.92 Å². The number of carboxylic acid groups (broad SMARTS) is 1. The second-order valence-corrected chi connectivity index (χ2v) is 4.54. The molecule has 0 bridgehead atoms.